The molecule has 0 atom stereocenters. The van der Waals surface area contributed by atoms with Crippen LogP contribution in [0.4, 0.5) is 0 Å². The van der Waals surface area contributed by atoms with E-state index in [0.29, 0.717) is 19.5 Å². The lowest BCUT2D eigenvalue weighted by Gasteiger charge is -2.35. The monoisotopic (exact) mass is 306 g/mol. The smallest absolute Gasteiger partial charge is 0.220 e. The topological polar surface area (TPSA) is 72.9 Å². The van der Waals surface area contributed by atoms with Crippen LogP contribution in [0.3, 0.4) is 0 Å². The summed E-state index contributed by atoms with van der Waals surface area (Å²) in [6, 6.07) is 2.08. The molecule has 1 aliphatic carbocycles. The van der Waals surface area contributed by atoms with Crippen molar-refractivity contribution in [1.29, 1.82) is 0 Å². The summed E-state index contributed by atoms with van der Waals surface area (Å²) >= 11 is 0. The molecule has 0 aliphatic heterocycles. The van der Waals surface area contributed by atoms with Gasteiger partial charge in [-0.05, 0) is 51.1 Å². The zero-order valence-electron chi connectivity index (χ0n) is 14.0. The maximum Gasteiger partial charge on any atom is 0.220 e. The Hall–Kier alpha value is -1.36. The van der Waals surface area contributed by atoms with Gasteiger partial charge in [0.15, 0.2) is 0 Å². The van der Waals surface area contributed by atoms with E-state index in [0.717, 1.165) is 31.5 Å². The fourth-order valence-electron chi connectivity index (χ4n) is 3.52. The molecule has 0 saturated heterocycles. The minimum absolute atomic E-state index is 0.0536. The van der Waals surface area contributed by atoms with Crippen molar-refractivity contribution in [3.05, 3.63) is 17.5 Å². The number of rotatable bonds is 7. The Morgan fingerprint density at radius 3 is 2.68 bits per heavy atom. The van der Waals surface area contributed by atoms with Crippen molar-refractivity contribution in [2.45, 2.75) is 65.3 Å². The van der Waals surface area contributed by atoms with Crippen LogP contribution in [0, 0.1) is 19.3 Å². The van der Waals surface area contributed by atoms with Gasteiger partial charge in [-0.25, -0.2) is 0 Å². The Kier molecular flexibility index (Phi) is 6.00. The highest BCUT2D eigenvalue weighted by Gasteiger charge is 2.32. The number of carbonyl (C=O) groups is 1. The predicted octanol–water partition coefficient (Wildman–Crippen LogP) is 2.31. The molecule has 0 aromatic carbocycles. The van der Waals surface area contributed by atoms with Crippen molar-refractivity contribution in [1.82, 2.24) is 15.1 Å². The zero-order valence-corrected chi connectivity index (χ0v) is 14.0. The van der Waals surface area contributed by atoms with E-state index < -0.39 is 0 Å². The molecule has 1 aromatic rings. The van der Waals surface area contributed by atoms with Crippen LogP contribution in [-0.2, 0) is 11.3 Å². The standard InChI is InChI=1S/C17H30N4O/c1-14-11-15(2)21(20-14)10-6-9-19-16(22)12-17(13-18)7-4-3-5-8-17/h11H,3-10,12-13,18H2,1-2H3,(H,19,22). The summed E-state index contributed by atoms with van der Waals surface area (Å²) in [5.74, 6) is 0.153. The first-order chi connectivity index (χ1) is 10.5. The maximum atomic E-state index is 12.2. The predicted molar refractivity (Wildman–Crippen MR) is 88.5 cm³/mol. The van der Waals surface area contributed by atoms with E-state index in [1.165, 1.54) is 25.0 Å². The van der Waals surface area contributed by atoms with E-state index in [-0.39, 0.29) is 11.3 Å². The highest BCUT2D eigenvalue weighted by molar-refractivity contribution is 5.76. The van der Waals surface area contributed by atoms with Crippen LogP contribution in [0.5, 0.6) is 0 Å². The Labute approximate surface area is 133 Å². The van der Waals surface area contributed by atoms with Gasteiger partial charge in [0.25, 0.3) is 0 Å². The number of hydrogen-bond acceptors (Lipinski definition) is 3. The van der Waals surface area contributed by atoms with Crippen molar-refractivity contribution >= 4 is 5.91 Å². The van der Waals surface area contributed by atoms with Crippen LogP contribution in [-0.4, -0.2) is 28.8 Å². The third-order valence-corrected chi connectivity index (χ3v) is 4.86. The summed E-state index contributed by atoms with van der Waals surface area (Å²) in [5, 5.41) is 7.48. The maximum absolute atomic E-state index is 12.2. The zero-order chi connectivity index (χ0) is 16.0. The molecule has 1 heterocycles. The molecule has 0 radical (unpaired) electrons. The summed E-state index contributed by atoms with van der Waals surface area (Å²) in [7, 11) is 0. The molecule has 5 heteroatoms. The number of nitrogens with zero attached hydrogens (tertiary/aromatic N) is 2. The van der Waals surface area contributed by atoms with Crippen LogP contribution in [0.1, 0.15) is 56.3 Å². The van der Waals surface area contributed by atoms with Gasteiger partial charge in [0, 0.05) is 25.2 Å². The fraction of sp³-hybridized carbons (Fsp3) is 0.765. The Balaban J connectivity index is 1.70. The van der Waals surface area contributed by atoms with E-state index in [1.807, 2.05) is 11.6 Å². The van der Waals surface area contributed by atoms with Gasteiger partial charge >= 0.3 is 0 Å². The van der Waals surface area contributed by atoms with E-state index in [2.05, 4.69) is 23.4 Å². The lowest BCUT2D eigenvalue weighted by atomic mass is 9.71. The number of carbonyl (C=O) groups excluding carboxylic acids is 1. The molecule has 1 amide bonds. The van der Waals surface area contributed by atoms with Gasteiger partial charge in [-0.3, -0.25) is 9.48 Å². The molecule has 5 nitrogen and oxygen atoms in total. The minimum atomic E-state index is 0.0536. The lowest BCUT2D eigenvalue weighted by molar-refractivity contribution is -0.123. The van der Waals surface area contributed by atoms with Gasteiger partial charge in [-0.2, -0.15) is 5.10 Å². The molecule has 1 fully saturated rings. The third-order valence-electron chi connectivity index (χ3n) is 4.86. The van der Waals surface area contributed by atoms with Crippen molar-refractivity contribution in [3.63, 3.8) is 0 Å². The Morgan fingerprint density at radius 1 is 1.36 bits per heavy atom. The second-order valence-electron chi connectivity index (χ2n) is 6.80. The van der Waals surface area contributed by atoms with Gasteiger partial charge in [0.2, 0.25) is 5.91 Å². The van der Waals surface area contributed by atoms with Gasteiger partial charge in [-0.15, -0.1) is 0 Å². The van der Waals surface area contributed by atoms with Gasteiger partial charge < -0.3 is 11.1 Å². The first-order valence-electron chi connectivity index (χ1n) is 8.52. The van der Waals surface area contributed by atoms with Crippen LogP contribution in [0.2, 0.25) is 0 Å². The van der Waals surface area contributed by atoms with Crippen LogP contribution < -0.4 is 11.1 Å². The van der Waals surface area contributed by atoms with Crippen LogP contribution >= 0.6 is 0 Å². The van der Waals surface area contributed by atoms with Crippen LogP contribution in [0.25, 0.3) is 0 Å². The molecule has 3 N–H and O–H groups in total. The van der Waals surface area contributed by atoms with E-state index >= 15 is 0 Å². The average Bonchev–Trinajstić information content (AvgIpc) is 2.82. The third kappa shape index (κ3) is 4.57. The molecule has 22 heavy (non-hydrogen) atoms. The van der Waals surface area contributed by atoms with E-state index in [4.69, 9.17) is 5.73 Å². The van der Waals surface area contributed by atoms with E-state index in [1.54, 1.807) is 0 Å². The van der Waals surface area contributed by atoms with Gasteiger partial charge in [0.1, 0.15) is 0 Å². The molecule has 124 valence electrons. The van der Waals surface area contributed by atoms with Crippen LogP contribution in [0.15, 0.2) is 6.07 Å². The van der Waals surface area contributed by atoms with E-state index in [9.17, 15) is 4.79 Å². The summed E-state index contributed by atoms with van der Waals surface area (Å²) in [6.45, 7) is 6.25. The average molecular weight is 306 g/mol. The summed E-state index contributed by atoms with van der Waals surface area (Å²) in [5.41, 5.74) is 8.22. The number of amides is 1. The first-order valence-corrected chi connectivity index (χ1v) is 8.52. The quantitative estimate of drug-likeness (QED) is 0.759. The summed E-state index contributed by atoms with van der Waals surface area (Å²) in [6.07, 6.45) is 7.40. The highest BCUT2D eigenvalue weighted by atomic mass is 16.1. The molecule has 1 aromatic heterocycles. The number of aryl methyl sites for hydroxylation is 3. The normalized spacial score (nSPS) is 17.4. The second-order valence-corrected chi connectivity index (χ2v) is 6.80. The molecule has 0 unspecified atom stereocenters. The van der Waals surface area contributed by atoms with Crippen molar-refractivity contribution in [2.75, 3.05) is 13.1 Å². The lowest BCUT2D eigenvalue weighted by Crippen LogP contribution is -2.39. The Morgan fingerprint density at radius 2 is 2.09 bits per heavy atom. The number of nitrogens with two attached hydrogens (primary N) is 1. The number of nitrogens with one attached hydrogen (secondary N) is 1. The molecule has 0 bridgehead atoms. The van der Waals surface area contributed by atoms with Gasteiger partial charge in [-0.1, -0.05) is 19.3 Å². The van der Waals surface area contributed by atoms with Gasteiger partial charge in [0.05, 0.1) is 5.69 Å². The Bertz CT molecular complexity index is 489. The molecular weight excluding hydrogens is 276 g/mol. The van der Waals surface area contributed by atoms with Crippen molar-refractivity contribution < 1.29 is 4.79 Å². The molecule has 1 aliphatic rings. The number of aromatic nitrogens is 2. The van der Waals surface area contributed by atoms with Crippen molar-refractivity contribution in [2.24, 2.45) is 11.1 Å². The molecule has 0 spiro atoms. The molecule has 1 saturated carbocycles. The first kappa shape index (κ1) is 17.0. The second kappa shape index (κ2) is 7.77. The minimum Gasteiger partial charge on any atom is -0.356 e. The largest absolute Gasteiger partial charge is 0.356 e. The SMILES string of the molecule is Cc1cc(C)n(CCCNC(=O)CC2(CN)CCCCC2)n1. The number of hydrogen-bond donors (Lipinski definition) is 2. The summed E-state index contributed by atoms with van der Waals surface area (Å²) in [4.78, 5) is 12.2. The fourth-order valence-corrected chi connectivity index (χ4v) is 3.52. The van der Waals surface area contributed by atoms with Crippen molar-refractivity contribution in [3.8, 4) is 0 Å². The molecule has 2 rings (SSSR count). The highest BCUT2D eigenvalue weighted by Crippen LogP contribution is 2.38. The summed E-state index contributed by atoms with van der Waals surface area (Å²) < 4.78 is 2.00. The molecular formula is C17H30N4O.